The number of pyridine rings is 1. The first-order valence-electron chi connectivity index (χ1n) is 10.2. The van der Waals surface area contributed by atoms with Crippen LogP contribution in [0.1, 0.15) is 42.1 Å². The van der Waals surface area contributed by atoms with E-state index in [1.807, 2.05) is 19.1 Å². The van der Waals surface area contributed by atoms with Gasteiger partial charge in [-0.3, -0.25) is 0 Å². The summed E-state index contributed by atoms with van der Waals surface area (Å²) in [6.45, 7) is 9.89. The highest BCUT2D eigenvalue weighted by molar-refractivity contribution is 9.10. The molecule has 0 saturated heterocycles. The van der Waals surface area contributed by atoms with Crippen molar-refractivity contribution < 1.29 is 0 Å². The van der Waals surface area contributed by atoms with Gasteiger partial charge in [0.2, 0.25) is 0 Å². The number of hydrogen-bond acceptors (Lipinski definition) is 3. The van der Waals surface area contributed by atoms with Crippen LogP contribution in [0.2, 0.25) is 0 Å². The lowest BCUT2D eigenvalue weighted by Crippen LogP contribution is -2.05. The summed E-state index contributed by atoms with van der Waals surface area (Å²) >= 11 is 3.52. The average molecular weight is 462 g/mol. The van der Waals surface area contributed by atoms with Gasteiger partial charge in [-0.25, -0.2) is 9.97 Å². The predicted octanol–water partition coefficient (Wildman–Crippen LogP) is 5.78. The maximum Gasteiger partial charge on any atom is 0.161 e. The summed E-state index contributed by atoms with van der Waals surface area (Å²) in [7, 11) is 0. The van der Waals surface area contributed by atoms with Crippen LogP contribution in [0.5, 0.6) is 0 Å². The molecule has 6 heteroatoms. The van der Waals surface area contributed by atoms with Crippen LogP contribution in [0.4, 0.5) is 0 Å². The van der Waals surface area contributed by atoms with Gasteiger partial charge in [0, 0.05) is 18.7 Å². The van der Waals surface area contributed by atoms with Crippen LogP contribution in [-0.2, 0) is 19.5 Å². The van der Waals surface area contributed by atoms with Gasteiger partial charge in [-0.1, -0.05) is 31.2 Å². The average Bonchev–Trinajstić information content (AvgIpc) is 3.25. The number of nitrogens with zero attached hydrogens (tertiary/aromatic N) is 5. The molecule has 3 heterocycles. The first kappa shape index (κ1) is 20.4. The van der Waals surface area contributed by atoms with Crippen molar-refractivity contribution in [1.29, 1.82) is 5.26 Å². The minimum Gasteiger partial charge on any atom is -0.344 e. The Morgan fingerprint density at radius 1 is 1.03 bits per heavy atom. The molecule has 4 aromatic rings. The monoisotopic (exact) mass is 461 g/mol. The van der Waals surface area contributed by atoms with Crippen molar-refractivity contribution in [2.45, 2.75) is 47.2 Å². The standard InChI is InChI=1S/C24H24BrN5/c1-5-21-28-22-15(3)11-20(25)27-24(22)30(21)14-17-7-9-18(10-8-17)23-19(13-26)12-16(4)29(23)6-2/h7-12H,5-6,14H2,1-4H3. The molecule has 0 fully saturated rings. The van der Waals surface area contributed by atoms with Gasteiger partial charge >= 0.3 is 0 Å². The second kappa shape index (κ2) is 8.08. The smallest absolute Gasteiger partial charge is 0.161 e. The lowest BCUT2D eigenvalue weighted by atomic mass is 10.1. The number of halogens is 1. The van der Waals surface area contributed by atoms with Crippen LogP contribution in [0.15, 0.2) is 41.0 Å². The van der Waals surface area contributed by atoms with Crippen molar-refractivity contribution in [3.8, 4) is 17.3 Å². The fraction of sp³-hybridized carbons (Fsp3) is 0.292. The van der Waals surface area contributed by atoms with Crippen molar-refractivity contribution in [2.75, 3.05) is 0 Å². The number of fused-ring (bicyclic) bond motifs is 1. The molecule has 0 amide bonds. The van der Waals surface area contributed by atoms with Crippen LogP contribution in [0.3, 0.4) is 0 Å². The highest BCUT2D eigenvalue weighted by atomic mass is 79.9. The summed E-state index contributed by atoms with van der Waals surface area (Å²) in [5.41, 5.74) is 8.05. The zero-order chi connectivity index (χ0) is 21.4. The van der Waals surface area contributed by atoms with Crippen LogP contribution in [0.25, 0.3) is 22.4 Å². The molecular weight excluding hydrogens is 438 g/mol. The van der Waals surface area contributed by atoms with Gasteiger partial charge in [-0.2, -0.15) is 5.26 Å². The van der Waals surface area contributed by atoms with Gasteiger partial charge in [0.25, 0.3) is 0 Å². The molecule has 0 unspecified atom stereocenters. The number of nitriles is 1. The Morgan fingerprint density at radius 2 is 1.77 bits per heavy atom. The van der Waals surface area contributed by atoms with Gasteiger partial charge in [0.15, 0.2) is 5.65 Å². The quantitative estimate of drug-likeness (QED) is 0.353. The first-order chi connectivity index (χ1) is 14.5. The molecule has 0 aliphatic rings. The molecule has 0 bridgehead atoms. The summed E-state index contributed by atoms with van der Waals surface area (Å²) < 4.78 is 5.21. The molecule has 5 nitrogen and oxygen atoms in total. The van der Waals surface area contributed by atoms with E-state index in [1.54, 1.807) is 0 Å². The third-order valence-corrected chi connectivity index (χ3v) is 5.97. The minimum absolute atomic E-state index is 0.710. The molecule has 1 aromatic carbocycles. The zero-order valence-electron chi connectivity index (χ0n) is 17.7. The van der Waals surface area contributed by atoms with Gasteiger partial charge in [0.05, 0.1) is 17.8 Å². The molecule has 0 aliphatic carbocycles. The number of benzene rings is 1. The van der Waals surface area contributed by atoms with Crippen molar-refractivity contribution >= 4 is 27.1 Å². The van der Waals surface area contributed by atoms with Crippen molar-refractivity contribution in [3.63, 3.8) is 0 Å². The summed E-state index contributed by atoms with van der Waals surface area (Å²) in [6.07, 6.45) is 0.848. The number of hydrogen-bond donors (Lipinski definition) is 0. The molecule has 0 atom stereocenters. The summed E-state index contributed by atoms with van der Waals surface area (Å²) in [6, 6.07) is 14.8. The molecule has 152 valence electrons. The van der Waals surface area contributed by atoms with E-state index in [1.165, 1.54) is 5.56 Å². The van der Waals surface area contributed by atoms with E-state index in [-0.39, 0.29) is 0 Å². The third-order valence-electron chi connectivity index (χ3n) is 5.57. The summed E-state index contributed by atoms with van der Waals surface area (Å²) in [5.74, 6) is 1.03. The van der Waals surface area contributed by atoms with Gasteiger partial charge in [0.1, 0.15) is 22.0 Å². The second-order valence-corrected chi connectivity index (χ2v) is 8.32. The molecule has 0 saturated carbocycles. The zero-order valence-corrected chi connectivity index (χ0v) is 19.3. The first-order valence-corrected chi connectivity index (χ1v) is 11.0. The Hall–Kier alpha value is -2.91. The summed E-state index contributed by atoms with van der Waals surface area (Å²) in [5, 5.41) is 9.56. The Kier molecular flexibility index (Phi) is 5.48. The fourth-order valence-electron chi connectivity index (χ4n) is 4.12. The van der Waals surface area contributed by atoms with E-state index in [2.05, 4.69) is 76.2 Å². The maximum absolute atomic E-state index is 9.56. The molecule has 0 N–H and O–H groups in total. The minimum atomic E-state index is 0.710. The molecule has 30 heavy (non-hydrogen) atoms. The van der Waals surface area contributed by atoms with E-state index in [0.29, 0.717) is 6.54 Å². The van der Waals surface area contributed by atoms with Crippen LogP contribution >= 0.6 is 15.9 Å². The van der Waals surface area contributed by atoms with E-state index in [4.69, 9.17) is 9.97 Å². The largest absolute Gasteiger partial charge is 0.344 e. The van der Waals surface area contributed by atoms with Crippen molar-refractivity contribution in [3.05, 3.63) is 69.2 Å². The number of aryl methyl sites for hydroxylation is 3. The number of imidazole rings is 1. The Morgan fingerprint density at radius 3 is 2.40 bits per heavy atom. The third kappa shape index (κ3) is 3.44. The summed E-state index contributed by atoms with van der Waals surface area (Å²) in [4.78, 5) is 9.51. The van der Waals surface area contributed by atoms with E-state index >= 15 is 0 Å². The van der Waals surface area contributed by atoms with E-state index < -0.39 is 0 Å². The maximum atomic E-state index is 9.56. The Labute approximate surface area is 185 Å². The van der Waals surface area contributed by atoms with Crippen LogP contribution in [-0.4, -0.2) is 19.1 Å². The highest BCUT2D eigenvalue weighted by Crippen LogP contribution is 2.28. The van der Waals surface area contributed by atoms with Crippen LogP contribution in [0, 0.1) is 25.2 Å². The van der Waals surface area contributed by atoms with Gasteiger partial charge < -0.3 is 9.13 Å². The number of rotatable bonds is 5. The molecule has 0 aliphatic heterocycles. The molecular formula is C24H24BrN5. The molecule has 0 spiro atoms. The topological polar surface area (TPSA) is 59.4 Å². The van der Waals surface area contributed by atoms with E-state index in [0.717, 1.165) is 62.6 Å². The molecule has 3 aromatic heterocycles. The normalized spacial score (nSPS) is 11.2. The van der Waals surface area contributed by atoms with Crippen molar-refractivity contribution in [1.82, 2.24) is 19.1 Å². The van der Waals surface area contributed by atoms with E-state index in [9.17, 15) is 5.26 Å². The lowest BCUT2D eigenvalue weighted by molar-refractivity contribution is 0.744. The van der Waals surface area contributed by atoms with Crippen LogP contribution < -0.4 is 0 Å². The fourth-order valence-corrected chi connectivity index (χ4v) is 4.63. The number of aromatic nitrogens is 4. The SMILES string of the molecule is CCc1nc2c(C)cc(Br)nc2n1Cc1ccc(-c2c(C#N)cc(C)n2CC)cc1. The van der Waals surface area contributed by atoms with Gasteiger partial charge in [-0.05, 0) is 65.5 Å². The van der Waals surface area contributed by atoms with Gasteiger partial charge in [-0.15, -0.1) is 0 Å². The second-order valence-electron chi connectivity index (χ2n) is 7.50. The Bertz CT molecular complexity index is 1270. The Balaban J connectivity index is 1.73. The highest BCUT2D eigenvalue weighted by Gasteiger charge is 2.16. The lowest BCUT2D eigenvalue weighted by Gasteiger charge is -2.12. The molecule has 4 rings (SSSR count). The molecule has 0 radical (unpaired) electrons. The predicted molar refractivity (Wildman–Crippen MR) is 123 cm³/mol. The van der Waals surface area contributed by atoms with Crippen molar-refractivity contribution in [2.24, 2.45) is 0 Å².